The van der Waals surface area contributed by atoms with Gasteiger partial charge in [-0.15, -0.1) is 0 Å². The number of unbranched alkanes of at least 4 members (excludes halogenated alkanes) is 1. The first-order valence-corrected chi connectivity index (χ1v) is 10.8. The average molecular weight is 410 g/mol. The van der Waals surface area contributed by atoms with Crippen LogP contribution in [-0.4, -0.2) is 38.9 Å². The minimum Gasteiger partial charge on any atom is -0.396 e. The number of benzene rings is 1. The fourth-order valence-electron chi connectivity index (χ4n) is 3.38. The molecule has 0 radical (unpaired) electrons. The molecule has 1 aromatic carbocycles. The summed E-state index contributed by atoms with van der Waals surface area (Å²) >= 11 is 0. The van der Waals surface area contributed by atoms with E-state index in [0.717, 1.165) is 41.3 Å². The van der Waals surface area contributed by atoms with Crippen LogP contribution < -0.4 is 0 Å². The highest BCUT2D eigenvalue weighted by Crippen LogP contribution is 2.32. The number of rotatable bonds is 7. The van der Waals surface area contributed by atoms with Crippen LogP contribution in [0.4, 0.5) is 0 Å². The van der Waals surface area contributed by atoms with Crippen LogP contribution in [0.2, 0.25) is 0 Å². The highest BCUT2D eigenvalue weighted by molar-refractivity contribution is 7.90. The molecule has 0 aliphatic rings. The normalized spacial score (nSPS) is 11.9. The van der Waals surface area contributed by atoms with Crippen LogP contribution in [0, 0.1) is 0 Å². The SMILES string of the molecule is Cn1cc(-c2cn(S(=O)(=O)c3ccccc3)c3ncc(CCCCO)cc23)cn1. The molecule has 3 heterocycles. The van der Waals surface area contributed by atoms with E-state index in [-0.39, 0.29) is 11.5 Å². The fourth-order valence-corrected chi connectivity index (χ4v) is 4.73. The van der Waals surface area contributed by atoms with Crippen molar-refractivity contribution in [3.05, 3.63) is 66.7 Å². The van der Waals surface area contributed by atoms with E-state index in [1.807, 2.05) is 19.3 Å². The van der Waals surface area contributed by atoms with Crippen molar-refractivity contribution in [2.45, 2.75) is 24.2 Å². The van der Waals surface area contributed by atoms with E-state index in [2.05, 4.69) is 10.1 Å². The van der Waals surface area contributed by atoms with E-state index in [1.54, 1.807) is 53.6 Å². The molecule has 7 nitrogen and oxygen atoms in total. The average Bonchev–Trinajstić information content (AvgIpc) is 3.32. The van der Waals surface area contributed by atoms with Crippen LogP contribution in [0.3, 0.4) is 0 Å². The largest absolute Gasteiger partial charge is 0.396 e. The Kier molecular flexibility index (Phi) is 5.21. The zero-order valence-corrected chi connectivity index (χ0v) is 16.9. The summed E-state index contributed by atoms with van der Waals surface area (Å²) in [4.78, 5) is 4.71. The van der Waals surface area contributed by atoms with E-state index < -0.39 is 10.0 Å². The smallest absolute Gasteiger partial charge is 0.269 e. The zero-order chi connectivity index (χ0) is 20.4. The Morgan fingerprint density at radius 2 is 1.86 bits per heavy atom. The van der Waals surface area contributed by atoms with E-state index in [0.29, 0.717) is 5.65 Å². The maximum Gasteiger partial charge on any atom is 0.269 e. The van der Waals surface area contributed by atoms with Gasteiger partial charge in [0.15, 0.2) is 5.65 Å². The molecular weight excluding hydrogens is 388 g/mol. The zero-order valence-electron chi connectivity index (χ0n) is 16.1. The summed E-state index contributed by atoms with van der Waals surface area (Å²) in [7, 11) is -1.96. The van der Waals surface area contributed by atoms with Crippen molar-refractivity contribution >= 4 is 21.1 Å². The van der Waals surface area contributed by atoms with E-state index in [4.69, 9.17) is 5.11 Å². The summed E-state index contributed by atoms with van der Waals surface area (Å²) in [6.45, 7) is 0.155. The monoisotopic (exact) mass is 410 g/mol. The number of aromatic nitrogens is 4. The maximum absolute atomic E-state index is 13.3. The molecule has 0 bridgehead atoms. The Bertz CT molecular complexity index is 1240. The number of aliphatic hydroxyl groups is 1. The van der Waals surface area contributed by atoms with Gasteiger partial charge >= 0.3 is 0 Å². The highest BCUT2D eigenvalue weighted by Gasteiger charge is 2.23. The first-order valence-electron chi connectivity index (χ1n) is 9.41. The number of aliphatic hydroxyl groups excluding tert-OH is 1. The molecule has 8 heteroatoms. The fraction of sp³-hybridized carbons (Fsp3) is 0.238. The quantitative estimate of drug-likeness (QED) is 0.473. The van der Waals surface area contributed by atoms with Gasteiger partial charge in [0.05, 0.1) is 11.1 Å². The molecule has 0 atom stereocenters. The van der Waals surface area contributed by atoms with Crippen molar-refractivity contribution in [2.24, 2.45) is 7.05 Å². The van der Waals surface area contributed by atoms with E-state index >= 15 is 0 Å². The molecule has 0 spiro atoms. The maximum atomic E-state index is 13.3. The van der Waals surface area contributed by atoms with Crippen molar-refractivity contribution in [1.82, 2.24) is 18.7 Å². The minimum absolute atomic E-state index is 0.155. The van der Waals surface area contributed by atoms with Crippen LogP contribution in [0.25, 0.3) is 22.2 Å². The molecule has 4 rings (SSSR count). The van der Waals surface area contributed by atoms with Gasteiger partial charge in [-0.3, -0.25) is 4.68 Å². The molecule has 0 unspecified atom stereocenters. The van der Waals surface area contributed by atoms with Gasteiger partial charge in [-0.05, 0) is 43.0 Å². The van der Waals surface area contributed by atoms with Crippen molar-refractivity contribution in [3.63, 3.8) is 0 Å². The highest BCUT2D eigenvalue weighted by atomic mass is 32.2. The molecule has 29 heavy (non-hydrogen) atoms. The van der Waals surface area contributed by atoms with Gasteiger partial charge in [-0.25, -0.2) is 17.4 Å². The third-order valence-electron chi connectivity index (χ3n) is 4.86. The standard InChI is InChI=1S/C21H22N4O3S/c1-24-14-17(13-23-24)20-15-25(29(27,28)18-8-3-2-4-9-18)21-19(20)11-16(12-22-21)7-5-6-10-26/h2-4,8-9,11-15,26H,5-7,10H2,1H3. The number of hydrogen-bond acceptors (Lipinski definition) is 5. The van der Waals surface area contributed by atoms with Gasteiger partial charge in [-0.2, -0.15) is 5.10 Å². The Hall–Kier alpha value is -2.97. The lowest BCUT2D eigenvalue weighted by molar-refractivity contribution is 0.284. The van der Waals surface area contributed by atoms with Crippen molar-refractivity contribution in [1.29, 1.82) is 0 Å². The molecule has 3 aromatic heterocycles. The molecule has 0 fully saturated rings. The number of fused-ring (bicyclic) bond motifs is 1. The topological polar surface area (TPSA) is 90.0 Å². The van der Waals surface area contributed by atoms with Crippen molar-refractivity contribution in [2.75, 3.05) is 6.61 Å². The van der Waals surface area contributed by atoms with Gasteiger partial charge in [0, 0.05) is 48.8 Å². The lowest BCUT2D eigenvalue weighted by atomic mass is 10.1. The Balaban J connectivity index is 1.89. The lowest BCUT2D eigenvalue weighted by Gasteiger charge is -2.07. The summed E-state index contributed by atoms with van der Waals surface area (Å²) in [6, 6.07) is 10.3. The van der Waals surface area contributed by atoms with Crippen molar-refractivity contribution < 1.29 is 13.5 Å². The van der Waals surface area contributed by atoms with Gasteiger partial charge < -0.3 is 5.11 Å². The molecule has 0 aliphatic heterocycles. The summed E-state index contributed by atoms with van der Waals surface area (Å²) in [5.41, 5.74) is 2.99. The second-order valence-electron chi connectivity index (χ2n) is 6.95. The summed E-state index contributed by atoms with van der Waals surface area (Å²) < 4.78 is 29.5. The number of nitrogens with zero attached hydrogens (tertiary/aromatic N) is 4. The van der Waals surface area contributed by atoms with Crippen LogP contribution >= 0.6 is 0 Å². The van der Waals surface area contributed by atoms with Crippen LogP contribution in [0.5, 0.6) is 0 Å². The number of hydrogen-bond donors (Lipinski definition) is 1. The second kappa shape index (κ2) is 7.81. The van der Waals surface area contributed by atoms with Crippen LogP contribution in [0.15, 0.2) is 66.1 Å². The van der Waals surface area contributed by atoms with E-state index in [9.17, 15) is 8.42 Å². The third kappa shape index (κ3) is 3.68. The third-order valence-corrected chi connectivity index (χ3v) is 6.52. The van der Waals surface area contributed by atoms with Gasteiger partial charge in [-0.1, -0.05) is 18.2 Å². The molecule has 1 N–H and O–H groups in total. The molecule has 0 amide bonds. The van der Waals surface area contributed by atoms with Crippen molar-refractivity contribution in [3.8, 4) is 11.1 Å². The summed E-state index contributed by atoms with van der Waals surface area (Å²) in [5.74, 6) is 0. The Morgan fingerprint density at radius 1 is 1.07 bits per heavy atom. The van der Waals surface area contributed by atoms with Gasteiger partial charge in [0.1, 0.15) is 0 Å². The van der Waals surface area contributed by atoms with E-state index in [1.165, 1.54) is 3.97 Å². The Morgan fingerprint density at radius 3 is 2.55 bits per heavy atom. The van der Waals surface area contributed by atoms with Crippen LogP contribution in [0.1, 0.15) is 18.4 Å². The first kappa shape index (κ1) is 19.4. The molecule has 0 saturated heterocycles. The number of aryl methyl sites for hydroxylation is 2. The molecule has 4 aromatic rings. The first-order chi connectivity index (χ1) is 14.0. The van der Waals surface area contributed by atoms with Gasteiger partial charge in [0.2, 0.25) is 0 Å². The Labute approximate surface area is 169 Å². The molecule has 0 aliphatic carbocycles. The van der Waals surface area contributed by atoms with Crippen LogP contribution in [-0.2, 0) is 23.5 Å². The predicted octanol–water partition coefficient (Wildman–Crippen LogP) is 2.99. The summed E-state index contributed by atoms with van der Waals surface area (Å²) in [5, 5.41) is 14.0. The summed E-state index contributed by atoms with van der Waals surface area (Å²) in [6.07, 6.45) is 9.23. The second-order valence-corrected chi connectivity index (χ2v) is 8.77. The molecular formula is C21H22N4O3S. The lowest BCUT2D eigenvalue weighted by Crippen LogP contribution is -2.12. The molecule has 0 saturated carbocycles. The number of pyridine rings is 1. The minimum atomic E-state index is -3.79. The van der Waals surface area contributed by atoms with Gasteiger partial charge in [0.25, 0.3) is 10.0 Å². The molecule has 150 valence electrons. The predicted molar refractivity (Wildman–Crippen MR) is 111 cm³/mol.